The van der Waals surface area contributed by atoms with Gasteiger partial charge in [-0.2, -0.15) is 5.26 Å². The molecule has 1 N–H and O–H groups in total. The van der Waals surface area contributed by atoms with E-state index in [-0.39, 0.29) is 12.5 Å². The zero-order valence-corrected chi connectivity index (χ0v) is 15.3. The van der Waals surface area contributed by atoms with Crippen LogP contribution in [0.25, 0.3) is 6.08 Å². The van der Waals surface area contributed by atoms with Crippen LogP contribution in [0.3, 0.4) is 0 Å². The summed E-state index contributed by atoms with van der Waals surface area (Å²) in [7, 11) is 0. The van der Waals surface area contributed by atoms with Gasteiger partial charge >= 0.3 is 0 Å². The monoisotopic (exact) mass is 362 g/mol. The van der Waals surface area contributed by atoms with Crippen LogP contribution in [0.15, 0.2) is 60.7 Å². The molecule has 1 amide bonds. The summed E-state index contributed by atoms with van der Waals surface area (Å²) < 4.78 is 5.55. The number of ether oxygens (including phenoxy) is 1. The smallest absolute Gasteiger partial charge is 0.260 e. The van der Waals surface area contributed by atoms with Gasteiger partial charge in [-0.3, -0.25) is 4.79 Å². The van der Waals surface area contributed by atoms with Gasteiger partial charge in [-0.1, -0.05) is 48.5 Å². The predicted octanol–water partition coefficient (Wildman–Crippen LogP) is 1.38. The molecule has 3 rings (SSSR count). The number of hydrogen-bond acceptors (Lipinski definition) is 3. The summed E-state index contributed by atoms with van der Waals surface area (Å²) in [5.74, 6) is 0.435. The first-order valence-corrected chi connectivity index (χ1v) is 9.21. The molecule has 0 radical (unpaired) electrons. The van der Waals surface area contributed by atoms with Gasteiger partial charge in [0.1, 0.15) is 11.8 Å². The van der Waals surface area contributed by atoms with Crippen molar-refractivity contribution in [3.8, 4) is 11.8 Å². The largest absolute Gasteiger partial charge is 0.482 e. The van der Waals surface area contributed by atoms with Crippen LogP contribution in [0.2, 0.25) is 0 Å². The Bertz CT molecular complexity index is 819. The molecule has 5 heteroatoms. The van der Waals surface area contributed by atoms with Crippen molar-refractivity contribution in [3.63, 3.8) is 0 Å². The van der Waals surface area contributed by atoms with Crippen LogP contribution < -0.4 is 9.64 Å². The summed E-state index contributed by atoms with van der Waals surface area (Å²) >= 11 is 0. The fourth-order valence-electron chi connectivity index (χ4n) is 3.12. The summed E-state index contributed by atoms with van der Waals surface area (Å²) in [5.41, 5.74) is 1.66. The number of nitriles is 1. The third-order valence-corrected chi connectivity index (χ3v) is 4.70. The molecule has 1 fully saturated rings. The maximum atomic E-state index is 12.4. The Morgan fingerprint density at radius 2 is 1.81 bits per heavy atom. The van der Waals surface area contributed by atoms with E-state index < -0.39 is 0 Å². The second-order valence-corrected chi connectivity index (χ2v) is 6.54. The average Bonchev–Trinajstić information content (AvgIpc) is 2.73. The lowest BCUT2D eigenvalue weighted by Gasteiger charge is -2.31. The number of amides is 1. The van der Waals surface area contributed by atoms with E-state index in [1.54, 1.807) is 24.3 Å². The SMILES string of the molecule is N#Cc1ccccc1OCC(=O)N1CC[NH+](C/C=C/c2ccccc2)CC1. The second-order valence-electron chi connectivity index (χ2n) is 6.54. The minimum atomic E-state index is -0.0263. The van der Waals surface area contributed by atoms with Crippen LogP contribution in [0, 0.1) is 11.3 Å². The van der Waals surface area contributed by atoms with E-state index in [9.17, 15) is 4.79 Å². The van der Waals surface area contributed by atoms with Crippen LogP contribution in [0.1, 0.15) is 11.1 Å². The Hall–Kier alpha value is -3.10. The van der Waals surface area contributed by atoms with E-state index in [0.717, 1.165) is 32.7 Å². The van der Waals surface area contributed by atoms with Gasteiger partial charge in [0.2, 0.25) is 0 Å². The number of carbonyl (C=O) groups is 1. The lowest BCUT2D eigenvalue weighted by Crippen LogP contribution is -3.14. The third-order valence-electron chi connectivity index (χ3n) is 4.70. The van der Waals surface area contributed by atoms with Gasteiger partial charge in [-0.15, -0.1) is 0 Å². The fourth-order valence-corrected chi connectivity index (χ4v) is 3.12. The number of carbonyl (C=O) groups excluding carboxylic acids is 1. The molecule has 27 heavy (non-hydrogen) atoms. The Kier molecular flexibility index (Phi) is 6.61. The minimum absolute atomic E-state index is 0.0259. The van der Waals surface area contributed by atoms with Crippen molar-refractivity contribution in [2.24, 2.45) is 0 Å². The van der Waals surface area contributed by atoms with E-state index in [1.165, 1.54) is 10.5 Å². The summed E-state index contributed by atoms with van der Waals surface area (Å²) in [6.07, 6.45) is 4.34. The second kappa shape index (κ2) is 9.56. The maximum Gasteiger partial charge on any atom is 0.260 e. The summed E-state index contributed by atoms with van der Waals surface area (Å²) in [5, 5.41) is 9.07. The van der Waals surface area contributed by atoms with Crippen LogP contribution in [-0.4, -0.2) is 50.1 Å². The molecule has 0 spiro atoms. The molecule has 2 aromatic carbocycles. The van der Waals surface area contributed by atoms with E-state index in [2.05, 4.69) is 30.4 Å². The molecule has 0 atom stereocenters. The minimum Gasteiger partial charge on any atom is -0.482 e. The number of nitrogens with zero attached hydrogens (tertiary/aromatic N) is 2. The molecule has 138 valence electrons. The molecule has 2 aromatic rings. The highest BCUT2D eigenvalue weighted by Gasteiger charge is 2.23. The third kappa shape index (κ3) is 5.44. The fraction of sp³-hybridized carbons (Fsp3) is 0.273. The molecular formula is C22H24N3O2+. The summed E-state index contributed by atoms with van der Waals surface area (Å²) in [4.78, 5) is 15.7. The van der Waals surface area contributed by atoms with Gasteiger partial charge in [-0.25, -0.2) is 0 Å². The number of quaternary nitrogens is 1. The highest BCUT2D eigenvalue weighted by molar-refractivity contribution is 5.78. The number of hydrogen-bond donors (Lipinski definition) is 1. The Morgan fingerprint density at radius 3 is 2.56 bits per heavy atom. The van der Waals surface area contributed by atoms with Crippen molar-refractivity contribution in [2.45, 2.75) is 0 Å². The molecule has 0 aromatic heterocycles. The van der Waals surface area contributed by atoms with Gasteiger partial charge in [0.25, 0.3) is 5.91 Å². The van der Waals surface area contributed by atoms with E-state index in [0.29, 0.717) is 11.3 Å². The first kappa shape index (κ1) is 18.7. The molecule has 1 heterocycles. The van der Waals surface area contributed by atoms with Crippen molar-refractivity contribution in [3.05, 3.63) is 71.8 Å². The van der Waals surface area contributed by atoms with Crippen molar-refractivity contribution in [2.75, 3.05) is 39.3 Å². The standard InChI is InChI=1S/C22H23N3O2/c23-17-20-10-4-5-11-21(20)27-18-22(26)25-15-13-24(14-16-25)12-6-9-19-7-2-1-3-8-19/h1-11H,12-16,18H2/p+1/b9-6+. The van der Waals surface area contributed by atoms with Crippen molar-refractivity contribution < 1.29 is 14.4 Å². The van der Waals surface area contributed by atoms with Crippen molar-refractivity contribution >= 4 is 12.0 Å². The summed E-state index contributed by atoms with van der Waals surface area (Å²) in [6.45, 7) is 4.26. The molecule has 1 saturated heterocycles. The van der Waals surface area contributed by atoms with Gasteiger partial charge in [0.15, 0.2) is 6.61 Å². The highest BCUT2D eigenvalue weighted by atomic mass is 16.5. The molecule has 1 aliphatic rings. The number of rotatable bonds is 6. The van der Waals surface area contributed by atoms with Crippen LogP contribution >= 0.6 is 0 Å². The summed E-state index contributed by atoms with van der Waals surface area (Å²) in [6, 6.07) is 19.3. The van der Waals surface area contributed by atoms with E-state index in [1.807, 2.05) is 23.1 Å². The van der Waals surface area contributed by atoms with Crippen molar-refractivity contribution in [1.29, 1.82) is 5.26 Å². The Labute approximate surface area is 160 Å². The number of piperazine rings is 1. The highest BCUT2D eigenvalue weighted by Crippen LogP contribution is 2.16. The molecule has 5 nitrogen and oxygen atoms in total. The lowest BCUT2D eigenvalue weighted by molar-refractivity contribution is -0.898. The van der Waals surface area contributed by atoms with Crippen LogP contribution in [0.4, 0.5) is 0 Å². The molecule has 1 aliphatic heterocycles. The van der Waals surface area contributed by atoms with Crippen LogP contribution in [-0.2, 0) is 4.79 Å². The van der Waals surface area contributed by atoms with Gasteiger partial charge in [0, 0.05) is 0 Å². The zero-order chi connectivity index (χ0) is 18.9. The predicted molar refractivity (Wildman–Crippen MR) is 104 cm³/mol. The lowest BCUT2D eigenvalue weighted by atomic mass is 10.2. The number of nitrogens with one attached hydrogen (secondary N) is 1. The van der Waals surface area contributed by atoms with Gasteiger partial charge in [0.05, 0.1) is 38.3 Å². The number of benzene rings is 2. The van der Waals surface area contributed by atoms with Crippen molar-refractivity contribution in [1.82, 2.24) is 4.90 Å². The Balaban J connectivity index is 1.41. The van der Waals surface area contributed by atoms with Gasteiger partial charge < -0.3 is 14.5 Å². The van der Waals surface area contributed by atoms with Gasteiger partial charge in [-0.05, 0) is 23.8 Å². The normalized spacial score (nSPS) is 14.9. The van der Waals surface area contributed by atoms with E-state index >= 15 is 0 Å². The Morgan fingerprint density at radius 1 is 1.11 bits per heavy atom. The average molecular weight is 362 g/mol. The first-order chi connectivity index (χ1) is 13.3. The van der Waals surface area contributed by atoms with E-state index in [4.69, 9.17) is 10.00 Å². The topological polar surface area (TPSA) is 57.8 Å². The zero-order valence-electron chi connectivity index (χ0n) is 15.3. The first-order valence-electron chi connectivity index (χ1n) is 9.21. The molecule has 0 saturated carbocycles. The molecular weight excluding hydrogens is 338 g/mol. The molecule has 0 unspecified atom stereocenters. The number of para-hydroxylation sites is 1. The maximum absolute atomic E-state index is 12.4. The molecule has 0 aliphatic carbocycles. The quantitative estimate of drug-likeness (QED) is 0.845. The molecule has 0 bridgehead atoms. The van der Waals surface area contributed by atoms with Crippen LogP contribution in [0.5, 0.6) is 5.75 Å².